The van der Waals surface area contributed by atoms with Crippen LogP contribution in [0.25, 0.3) is 0 Å². The lowest BCUT2D eigenvalue weighted by Crippen LogP contribution is -2.19. The minimum Gasteiger partial charge on any atom is -0.497 e. The van der Waals surface area contributed by atoms with E-state index in [2.05, 4.69) is 5.32 Å². The molecule has 0 amide bonds. The van der Waals surface area contributed by atoms with Crippen molar-refractivity contribution in [1.29, 1.82) is 0 Å². The highest BCUT2D eigenvalue weighted by molar-refractivity contribution is 5.36. The second-order valence-corrected chi connectivity index (χ2v) is 4.28. The Morgan fingerprint density at radius 2 is 1.55 bits per heavy atom. The van der Waals surface area contributed by atoms with Crippen LogP contribution in [0.5, 0.6) is 5.75 Å². The lowest BCUT2D eigenvalue weighted by Gasteiger charge is -2.18. The number of halogens is 3. The van der Waals surface area contributed by atoms with Crippen molar-refractivity contribution < 1.29 is 17.9 Å². The molecule has 2 nitrogen and oxygen atoms in total. The van der Waals surface area contributed by atoms with Gasteiger partial charge in [0.25, 0.3) is 0 Å². The van der Waals surface area contributed by atoms with E-state index >= 15 is 0 Å². The van der Waals surface area contributed by atoms with Gasteiger partial charge in [-0.2, -0.15) is 0 Å². The number of hydrogen-bond donors (Lipinski definition) is 1. The average Bonchev–Trinajstić information content (AvgIpc) is 2.46. The third kappa shape index (κ3) is 2.77. The van der Waals surface area contributed by atoms with E-state index in [1.807, 2.05) is 0 Å². The van der Waals surface area contributed by atoms with Crippen molar-refractivity contribution in [3.8, 4) is 5.75 Å². The van der Waals surface area contributed by atoms with Crippen molar-refractivity contribution >= 4 is 0 Å². The molecule has 2 aromatic carbocycles. The molecule has 106 valence electrons. The Balaban J connectivity index is 2.43. The zero-order valence-electron chi connectivity index (χ0n) is 11.1. The topological polar surface area (TPSA) is 21.3 Å². The fraction of sp³-hybridized carbons (Fsp3) is 0.200. The van der Waals surface area contributed by atoms with Gasteiger partial charge < -0.3 is 10.1 Å². The first-order valence-electron chi connectivity index (χ1n) is 6.02. The van der Waals surface area contributed by atoms with Gasteiger partial charge >= 0.3 is 0 Å². The summed E-state index contributed by atoms with van der Waals surface area (Å²) >= 11 is 0. The van der Waals surface area contributed by atoms with Crippen LogP contribution in [0.1, 0.15) is 17.2 Å². The molecule has 2 aromatic rings. The van der Waals surface area contributed by atoms with Gasteiger partial charge in [0.15, 0.2) is 11.6 Å². The molecule has 0 radical (unpaired) electrons. The van der Waals surface area contributed by atoms with Gasteiger partial charge in [-0.3, -0.25) is 0 Å². The van der Waals surface area contributed by atoms with Crippen molar-refractivity contribution in [2.75, 3.05) is 14.2 Å². The van der Waals surface area contributed by atoms with E-state index in [1.165, 1.54) is 0 Å². The SMILES string of the molecule is CNC(c1ccc(OC)cc1)c1cc(F)c(F)cc1F. The summed E-state index contributed by atoms with van der Waals surface area (Å²) in [6, 6.07) is 7.77. The maximum Gasteiger partial charge on any atom is 0.161 e. The minimum absolute atomic E-state index is 0.0524. The summed E-state index contributed by atoms with van der Waals surface area (Å²) in [5, 5.41) is 2.89. The van der Waals surface area contributed by atoms with Crippen LogP contribution in [0.2, 0.25) is 0 Å². The number of rotatable bonds is 4. The summed E-state index contributed by atoms with van der Waals surface area (Å²) < 4.78 is 45.1. The summed E-state index contributed by atoms with van der Waals surface area (Å²) in [5.74, 6) is -2.40. The molecule has 0 heterocycles. The molecule has 1 N–H and O–H groups in total. The standard InChI is InChI=1S/C15H14F3NO/c1-19-15(9-3-5-10(20-2)6-4-9)11-7-13(17)14(18)8-12(11)16/h3-8,15,19H,1-2H3. The highest BCUT2D eigenvalue weighted by atomic mass is 19.2. The second kappa shape index (κ2) is 5.96. The normalized spacial score (nSPS) is 12.2. The van der Waals surface area contributed by atoms with Gasteiger partial charge in [-0.25, -0.2) is 13.2 Å². The Morgan fingerprint density at radius 1 is 0.950 bits per heavy atom. The van der Waals surface area contributed by atoms with Gasteiger partial charge in [-0.05, 0) is 30.8 Å². The summed E-state index contributed by atoms with van der Waals surface area (Å²) in [6.07, 6.45) is 0. The Hall–Kier alpha value is -2.01. The van der Waals surface area contributed by atoms with Gasteiger partial charge in [0, 0.05) is 11.6 Å². The highest BCUT2D eigenvalue weighted by Gasteiger charge is 2.19. The highest BCUT2D eigenvalue weighted by Crippen LogP contribution is 2.27. The van der Waals surface area contributed by atoms with Crippen molar-refractivity contribution in [2.45, 2.75) is 6.04 Å². The van der Waals surface area contributed by atoms with E-state index in [0.717, 1.165) is 11.6 Å². The molecule has 0 aliphatic carbocycles. The molecule has 1 unspecified atom stereocenters. The van der Waals surface area contributed by atoms with Crippen molar-refractivity contribution in [3.05, 3.63) is 65.0 Å². The molecular formula is C15H14F3NO. The first-order valence-corrected chi connectivity index (χ1v) is 6.02. The number of nitrogens with one attached hydrogen (secondary N) is 1. The number of hydrogen-bond acceptors (Lipinski definition) is 2. The third-order valence-corrected chi connectivity index (χ3v) is 3.09. The van der Waals surface area contributed by atoms with Crippen LogP contribution < -0.4 is 10.1 Å². The van der Waals surface area contributed by atoms with Crippen molar-refractivity contribution in [2.24, 2.45) is 0 Å². The largest absolute Gasteiger partial charge is 0.497 e. The molecule has 20 heavy (non-hydrogen) atoms. The molecule has 1 atom stereocenters. The van der Waals surface area contributed by atoms with Crippen molar-refractivity contribution in [1.82, 2.24) is 5.32 Å². The second-order valence-electron chi connectivity index (χ2n) is 4.28. The molecule has 0 aliphatic heterocycles. The zero-order valence-corrected chi connectivity index (χ0v) is 11.1. The number of benzene rings is 2. The molecule has 0 bridgehead atoms. The predicted molar refractivity (Wildman–Crippen MR) is 70.2 cm³/mol. The molecular weight excluding hydrogens is 267 g/mol. The monoisotopic (exact) mass is 281 g/mol. The van der Waals surface area contributed by atoms with E-state index < -0.39 is 23.5 Å². The molecule has 2 rings (SSSR count). The van der Waals surface area contributed by atoms with E-state index in [4.69, 9.17) is 4.74 Å². The molecule has 0 fully saturated rings. The summed E-state index contributed by atoms with van der Waals surface area (Å²) in [4.78, 5) is 0. The maximum absolute atomic E-state index is 13.8. The van der Waals surface area contributed by atoms with Crippen LogP contribution in [0.15, 0.2) is 36.4 Å². The first kappa shape index (κ1) is 14.4. The van der Waals surface area contributed by atoms with Crippen LogP contribution in [-0.4, -0.2) is 14.2 Å². The molecule has 0 aromatic heterocycles. The fourth-order valence-corrected chi connectivity index (χ4v) is 2.06. The van der Waals surface area contributed by atoms with Gasteiger partial charge in [-0.1, -0.05) is 12.1 Å². The Kier molecular flexibility index (Phi) is 4.29. The summed E-state index contributed by atoms with van der Waals surface area (Å²) in [7, 11) is 3.16. The first-order chi connectivity index (χ1) is 9.56. The molecule has 0 saturated heterocycles. The smallest absolute Gasteiger partial charge is 0.161 e. The predicted octanol–water partition coefficient (Wildman–Crippen LogP) is 3.42. The van der Waals surface area contributed by atoms with Crippen LogP contribution >= 0.6 is 0 Å². The quantitative estimate of drug-likeness (QED) is 0.867. The summed E-state index contributed by atoms with van der Waals surface area (Å²) in [5.41, 5.74) is 0.773. The van der Waals surface area contributed by atoms with Crippen LogP contribution in [0.3, 0.4) is 0 Å². The van der Waals surface area contributed by atoms with E-state index in [-0.39, 0.29) is 5.56 Å². The van der Waals surface area contributed by atoms with Gasteiger partial charge in [0.1, 0.15) is 11.6 Å². The van der Waals surface area contributed by atoms with E-state index in [0.29, 0.717) is 11.8 Å². The van der Waals surface area contributed by atoms with Gasteiger partial charge in [-0.15, -0.1) is 0 Å². The fourth-order valence-electron chi connectivity index (χ4n) is 2.06. The number of ether oxygens (including phenoxy) is 1. The lowest BCUT2D eigenvalue weighted by atomic mass is 9.98. The Bertz CT molecular complexity index is 599. The zero-order chi connectivity index (χ0) is 14.7. The van der Waals surface area contributed by atoms with Crippen LogP contribution in [-0.2, 0) is 0 Å². The van der Waals surface area contributed by atoms with Crippen molar-refractivity contribution in [3.63, 3.8) is 0 Å². The van der Waals surface area contributed by atoms with Gasteiger partial charge in [0.2, 0.25) is 0 Å². The Labute approximate surface area is 115 Å². The molecule has 0 spiro atoms. The number of methoxy groups -OCH3 is 1. The molecule has 0 aliphatic rings. The average molecular weight is 281 g/mol. The minimum atomic E-state index is -1.20. The summed E-state index contributed by atoms with van der Waals surface area (Å²) in [6.45, 7) is 0. The van der Waals surface area contributed by atoms with Crippen LogP contribution in [0.4, 0.5) is 13.2 Å². The molecule has 5 heteroatoms. The van der Waals surface area contributed by atoms with Gasteiger partial charge in [0.05, 0.1) is 13.2 Å². The maximum atomic E-state index is 13.8. The molecule has 0 saturated carbocycles. The van der Waals surface area contributed by atoms with E-state index in [1.54, 1.807) is 38.4 Å². The van der Waals surface area contributed by atoms with Crippen LogP contribution in [0, 0.1) is 17.5 Å². The van der Waals surface area contributed by atoms with E-state index in [9.17, 15) is 13.2 Å². The third-order valence-electron chi connectivity index (χ3n) is 3.09. The lowest BCUT2D eigenvalue weighted by molar-refractivity contribution is 0.414. The Morgan fingerprint density at radius 3 is 2.10 bits per heavy atom.